The van der Waals surface area contributed by atoms with Crippen molar-refractivity contribution in [1.29, 1.82) is 5.26 Å². The summed E-state index contributed by atoms with van der Waals surface area (Å²) in [5.41, 5.74) is 0.645. The summed E-state index contributed by atoms with van der Waals surface area (Å²) in [5.74, 6) is -0.740. The van der Waals surface area contributed by atoms with E-state index in [0.29, 0.717) is 10.0 Å². The molecule has 20 heavy (non-hydrogen) atoms. The minimum absolute atomic E-state index is 0.0374. The Morgan fingerprint density at radius 1 is 1.45 bits per heavy atom. The summed E-state index contributed by atoms with van der Waals surface area (Å²) in [6.45, 7) is 0. The van der Waals surface area contributed by atoms with E-state index in [-0.39, 0.29) is 23.3 Å². The normalized spacial score (nSPS) is 15.9. The standard InChI is InChI=1S/C15H14BrFN2O/c16-13-8-10(5-6-14(13)17)7-11(9-18)15(20)19-12-3-1-2-4-12/h5-8,12H,1-4H2,(H,19,20)/b11-7+. The van der Waals surface area contributed by atoms with Crippen molar-refractivity contribution in [1.82, 2.24) is 5.32 Å². The molecule has 5 heteroatoms. The SMILES string of the molecule is N#C/C(=C\c1ccc(F)c(Br)c1)C(=O)NC1CCCC1. The number of benzene rings is 1. The molecule has 104 valence electrons. The highest BCUT2D eigenvalue weighted by Crippen LogP contribution is 2.20. The zero-order valence-corrected chi connectivity index (χ0v) is 12.4. The van der Waals surface area contributed by atoms with Crippen LogP contribution in [0.1, 0.15) is 31.2 Å². The van der Waals surface area contributed by atoms with E-state index in [1.807, 2.05) is 6.07 Å². The first-order valence-corrected chi connectivity index (χ1v) is 7.27. The van der Waals surface area contributed by atoms with Gasteiger partial charge >= 0.3 is 0 Å². The van der Waals surface area contributed by atoms with Gasteiger partial charge in [-0.05, 0) is 52.5 Å². The Labute approximate surface area is 125 Å². The highest BCUT2D eigenvalue weighted by Gasteiger charge is 2.19. The van der Waals surface area contributed by atoms with Crippen LogP contribution in [0.5, 0.6) is 0 Å². The fourth-order valence-electron chi connectivity index (χ4n) is 2.25. The van der Waals surface area contributed by atoms with Gasteiger partial charge in [-0.3, -0.25) is 4.79 Å². The van der Waals surface area contributed by atoms with Crippen LogP contribution in [0.3, 0.4) is 0 Å². The number of carbonyl (C=O) groups is 1. The molecule has 0 aromatic heterocycles. The summed E-state index contributed by atoms with van der Waals surface area (Å²) in [6.07, 6.45) is 5.62. The van der Waals surface area contributed by atoms with Crippen LogP contribution in [-0.4, -0.2) is 11.9 Å². The van der Waals surface area contributed by atoms with Crippen LogP contribution >= 0.6 is 15.9 Å². The molecule has 3 nitrogen and oxygen atoms in total. The average molecular weight is 337 g/mol. The molecule has 1 aliphatic rings. The van der Waals surface area contributed by atoms with Gasteiger partial charge in [0.2, 0.25) is 0 Å². The lowest BCUT2D eigenvalue weighted by molar-refractivity contribution is -0.117. The summed E-state index contributed by atoms with van der Waals surface area (Å²) >= 11 is 3.08. The van der Waals surface area contributed by atoms with Gasteiger partial charge in [0.1, 0.15) is 17.5 Å². The molecule has 1 aromatic carbocycles. The Bertz CT molecular complexity index is 586. The maximum Gasteiger partial charge on any atom is 0.262 e. The van der Waals surface area contributed by atoms with Crippen LogP contribution in [0.25, 0.3) is 6.08 Å². The third kappa shape index (κ3) is 3.67. The number of nitrogens with one attached hydrogen (secondary N) is 1. The van der Waals surface area contributed by atoms with E-state index < -0.39 is 0 Å². The zero-order chi connectivity index (χ0) is 14.5. The molecule has 0 heterocycles. The van der Waals surface area contributed by atoms with Gasteiger partial charge in [0.25, 0.3) is 5.91 Å². The predicted octanol–water partition coefficient (Wildman–Crippen LogP) is 3.55. The highest BCUT2D eigenvalue weighted by atomic mass is 79.9. The van der Waals surface area contributed by atoms with Crippen LogP contribution in [-0.2, 0) is 4.79 Å². The molecule has 1 aliphatic carbocycles. The lowest BCUT2D eigenvalue weighted by atomic mass is 10.1. The summed E-state index contributed by atoms with van der Waals surface area (Å²) in [5, 5.41) is 12.0. The van der Waals surface area contributed by atoms with Gasteiger partial charge in [-0.15, -0.1) is 0 Å². The fourth-order valence-corrected chi connectivity index (χ4v) is 2.65. The average Bonchev–Trinajstić information content (AvgIpc) is 2.92. The highest BCUT2D eigenvalue weighted by molar-refractivity contribution is 9.10. The Morgan fingerprint density at radius 3 is 2.75 bits per heavy atom. The van der Waals surface area contributed by atoms with Crippen LogP contribution < -0.4 is 5.32 Å². The van der Waals surface area contributed by atoms with E-state index >= 15 is 0 Å². The van der Waals surface area contributed by atoms with Gasteiger partial charge < -0.3 is 5.32 Å². The Kier molecular flexibility index (Phi) is 4.91. The molecule has 0 radical (unpaired) electrons. The molecule has 0 atom stereocenters. The van der Waals surface area contributed by atoms with E-state index in [1.165, 1.54) is 24.3 Å². The summed E-state index contributed by atoms with van der Waals surface area (Å²) in [6, 6.07) is 6.42. The second-order valence-electron chi connectivity index (χ2n) is 4.80. The van der Waals surface area contributed by atoms with Gasteiger partial charge in [-0.25, -0.2) is 4.39 Å². The lowest BCUT2D eigenvalue weighted by Gasteiger charge is -2.11. The Hall–Kier alpha value is -1.67. The van der Waals surface area contributed by atoms with E-state index in [9.17, 15) is 9.18 Å². The van der Waals surface area contributed by atoms with Crippen molar-refractivity contribution >= 4 is 27.9 Å². The van der Waals surface area contributed by atoms with Crippen molar-refractivity contribution in [3.05, 3.63) is 39.6 Å². The molecule has 1 aromatic rings. The number of carbonyl (C=O) groups excluding carboxylic acids is 1. The minimum Gasteiger partial charge on any atom is -0.349 e. The molecule has 0 unspecified atom stereocenters. The zero-order valence-electron chi connectivity index (χ0n) is 10.8. The summed E-state index contributed by atoms with van der Waals surface area (Å²) in [4.78, 5) is 12.0. The first-order chi connectivity index (χ1) is 9.60. The van der Waals surface area contributed by atoms with E-state index in [2.05, 4.69) is 21.2 Å². The molecule has 1 saturated carbocycles. The first-order valence-electron chi connectivity index (χ1n) is 6.48. The van der Waals surface area contributed by atoms with Crippen molar-refractivity contribution in [2.75, 3.05) is 0 Å². The number of hydrogen-bond acceptors (Lipinski definition) is 2. The van der Waals surface area contributed by atoms with Crippen molar-refractivity contribution in [2.45, 2.75) is 31.7 Å². The number of hydrogen-bond donors (Lipinski definition) is 1. The monoisotopic (exact) mass is 336 g/mol. The molecule has 1 N–H and O–H groups in total. The van der Waals surface area contributed by atoms with Crippen molar-refractivity contribution in [3.8, 4) is 6.07 Å². The number of halogens is 2. The molecule has 0 spiro atoms. The van der Waals surface area contributed by atoms with Crippen LogP contribution in [0, 0.1) is 17.1 Å². The number of nitrogens with zero attached hydrogens (tertiary/aromatic N) is 1. The lowest BCUT2D eigenvalue weighted by Crippen LogP contribution is -2.33. The van der Waals surface area contributed by atoms with Crippen LogP contribution in [0.15, 0.2) is 28.2 Å². The summed E-state index contributed by atoms with van der Waals surface area (Å²) in [7, 11) is 0. The smallest absolute Gasteiger partial charge is 0.262 e. The van der Waals surface area contributed by atoms with Crippen molar-refractivity contribution in [3.63, 3.8) is 0 Å². The third-order valence-corrected chi connectivity index (χ3v) is 3.92. The van der Waals surface area contributed by atoms with Crippen molar-refractivity contribution < 1.29 is 9.18 Å². The Morgan fingerprint density at radius 2 is 2.15 bits per heavy atom. The Balaban J connectivity index is 2.13. The van der Waals surface area contributed by atoms with Crippen LogP contribution in [0.2, 0.25) is 0 Å². The van der Waals surface area contributed by atoms with Gasteiger partial charge in [-0.1, -0.05) is 18.9 Å². The maximum atomic E-state index is 13.1. The molecule has 1 fully saturated rings. The maximum absolute atomic E-state index is 13.1. The first kappa shape index (κ1) is 14.7. The van der Waals surface area contributed by atoms with Gasteiger partial charge in [-0.2, -0.15) is 5.26 Å². The topological polar surface area (TPSA) is 52.9 Å². The molecular weight excluding hydrogens is 323 g/mol. The van der Waals surface area contributed by atoms with Crippen molar-refractivity contribution in [2.24, 2.45) is 0 Å². The molecule has 0 saturated heterocycles. The minimum atomic E-state index is -0.379. The van der Waals surface area contributed by atoms with Crippen LogP contribution in [0.4, 0.5) is 4.39 Å². The predicted molar refractivity (Wildman–Crippen MR) is 78.1 cm³/mol. The van der Waals surface area contributed by atoms with Gasteiger partial charge in [0.15, 0.2) is 0 Å². The molecule has 1 amide bonds. The van der Waals surface area contributed by atoms with Gasteiger partial charge in [0, 0.05) is 6.04 Å². The largest absolute Gasteiger partial charge is 0.349 e. The second-order valence-corrected chi connectivity index (χ2v) is 5.65. The van der Waals surface area contributed by atoms with E-state index in [4.69, 9.17) is 5.26 Å². The van der Waals surface area contributed by atoms with Gasteiger partial charge in [0.05, 0.1) is 4.47 Å². The molecule has 2 rings (SSSR count). The molecular formula is C15H14BrFN2O. The van der Waals surface area contributed by atoms with E-state index in [0.717, 1.165) is 25.7 Å². The van der Waals surface area contributed by atoms with E-state index in [1.54, 1.807) is 0 Å². The number of nitriles is 1. The summed E-state index contributed by atoms with van der Waals surface area (Å²) < 4.78 is 13.4. The number of rotatable bonds is 3. The fraction of sp³-hybridized carbons (Fsp3) is 0.333. The quantitative estimate of drug-likeness (QED) is 0.677. The number of amides is 1. The molecule has 0 bridgehead atoms. The third-order valence-electron chi connectivity index (χ3n) is 3.31. The second kappa shape index (κ2) is 6.67. The molecule has 0 aliphatic heterocycles.